The molecule has 1 heterocycles. The van der Waals surface area contributed by atoms with Crippen molar-refractivity contribution in [2.24, 2.45) is 4.99 Å². The van der Waals surface area contributed by atoms with Gasteiger partial charge in [0.1, 0.15) is 5.75 Å². The molecule has 0 aromatic heterocycles. The average Bonchev–Trinajstić information content (AvgIpc) is 2.95. The van der Waals surface area contributed by atoms with E-state index in [1.54, 1.807) is 30.3 Å². The van der Waals surface area contributed by atoms with E-state index in [1.807, 2.05) is 31.2 Å². The van der Waals surface area contributed by atoms with Crippen molar-refractivity contribution >= 4 is 23.9 Å². The van der Waals surface area contributed by atoms with Gasteiger partial charge in [0.25, 0.3) is 0 Å². The van der Waals surface area contributed by atoms with Crippen molar-refractivity contribution in [1.29, 1.82) is 0 Å². The number of hydrogen-bond donors (Lipinski definition) is 1. The Hall–Kier alpha value is -3.41. The first kappa shape index (κ1) is 16.4. The summed E-state index contributed by atoms with van der Waals surface area (Å²) in [6.07, 6.45) is 1.60. The Morgan fingerprint density at radius 2 is 2.00 bits per heavy atom. The number of ether oxygens (including phenoxy) is 2. The standard InChI is InChI=1S/C19H15NO5/c1-12-3-2-4-14(9-12)18-20-16(19(23)25-18)10-13-5-7-15(8-6-13)24-11-17(21)22/h2-10H,11H2,1H3,(H,21,22)/b16-10-. The number of cyclic esters (lactones) is 1. The van der Waals surface area contributed by atoms with E-state index in [0.29, 0.717) is 5.75 Å². The summed E-state index contributed by atoms with van der Waals surface area (Å²) >= 11 is 0. The highest BCUT2D eigenvalue weighted by molar-refractivity contribution is 6.12. The fraction of sp³-hybridized carbons (Fsp3) is 0.105. The van der Waals surface area contributed by atoms with Crippen LogP contribution in [0, 0.1) is 6.92 Å². The number of esters is 1. The van der Waals surface area contributed by atoms with Gasteiger partial charge in [-0.05, 0) is 42.8 Å². The van der Waals surface area contributed by atoms with Crippen LogP contribution < -0.4 is 4.74 Å². The van der Waals surface area contributed by atoms with Crippen molar-refractivity contribution in [2.45, 2.75) is 6.92 Å². The van der Waals surface area contributed by atoms with Gasteiger partial charge in [0.15, 0.2) is 12.3 Å². The van der Waals surface area contributed by atoms with Gasteiger partial charge < -0.3 is 14.6 Å². The van der Waals surface area contributed by atoms with Crippen molar-refractivity contribution in [3.8, 4) is 5.75 Å². The van der Waals surface area contributed by atoms with Crippen molar-refractivity contribution in [3.05, 3.63) is 70.9 Å². The summed E-state index contributed by atoms with van der Waals surface area (Å²) in [6.45, 7) is 1.54. The molecule has 0 fully saturated rings. The van der Waals surface area contributed by atoms with Gasteiger partial charge in [-0.1, -0.05) is 29.8 Å². The van der Waals surface area contributed by atoms with Crippen LogP contribution in [0.15, 0.2) is 59.2 Å². The lowest BCUT2D eigenvalue weighted by molar-refractivity contribution is -0.139. The van der Waals surface area contributed by atoms with E-state index < -0.39 is 18.5 Å². The van der Waals surface area contributed by atoms with E-state index in [2.05, 4.69) is 4.99 Å². The maximum Gasteiger partial charge on any atom is 0.363 e. The number of carbonyl (C=O) groups excluding carboxylic acids is 1. The third-order valence-electron chi connectivity index (χ3n) is 3.43. The molecule has 0 radical (unpaired) electrons. The van der Waals surface area contributed by atoms with Crippen LogP contribution in [0.2, 0.25) is 0 Å². The van der Waals surface area contributed by atoms with Gasteiger partial charge >= 0.3 is 11.9 Å². The SMILES string of the molecule is Cc1cccc(C2=N/C(=C\c3ccc(OCC(=O)O)cc3)C(=O)O2)c1. The second-order valence-electron chi connectivity index (χ2n) is 5.46. The van der Waals surface area contributed by atoms with Crippen LogP contribution in [0.5, 0.6) is 5.75 Å². The van der Waals surface area contributed by atoms with Crippen molar-refractivity contribution in [1.82, 2.24) is 0 Å². The van der Waals surface area contributed by atoms with Gasteiger partial charge in [-0.2, -0.15) is 0 Å². The molecular weight excluding hydrogens is 322 g/mol. The Morgan fingerprint density at radius 1 is 1.24 bits per heavy atom. The maximum absolute atomic E-state index is 12.0. The van der Waals surface area contributed by atoms with Gasteiger partial charge in [0.2, 0.25) is 5.90 Å². The second-order valence-corrected chi connectivity index (χ2v) is 5.46. The topological polar surface area (TPSA) is 85.2 Å². The van der Waals surface area contributed by atoms with Crippen LogP contribution >= 0.6 is 0 Å². The number of carboxylic acids is 1. The predicted molar refractivity (Wildman–Crippen MR) is 91.4 cm³/mol. The van der Waals surface area contributed by atoms with Crippen LogP contribution in [0.1, 0.15) is 16.7 Å². The van der Waals surface area contributed by atoms with E-state index >= 15 is 0 Å². The molecule has 0 aliphatic carbocycles. The molecule has 6 nitrogen and oxygen atoms in total. The zero-order valence-electron chi connectivity index (χ0n) is 13.4. The van der Waals surface area contributed by atoms with Crippen molar-refractivity contribution in [3.63, 3.8) is 0 Å². The minimum atomic E-state index is -1.04. The van der Waals surface area contributed by atoms with E-state index in [4.69, 9.17) is 14.6 Å². The molecule has 2 aromatic rings. The summed E-state index contributed by atoms with van der Waals surface area (Å²) in [7, 11) is 0. The van der Waals surface area contributed by atoms with Crippen LogP contribution in [-0.2, 0) is 14.3 Å². The third kappa shape index (κ3) is 4.11. The zero-order valence-corrected chi connectivity index (χ0v) is 13.4. The molecule has 1 N–H and O–H groups in total. The number of hydrogen-bond acceptors (Lipinski definition) is 5. The Balaban J connectivity index is 1.78. The summed E-state index contributed by atoms with van der Waals surface area (Å²) in [5.41, 5.74) is 2.72. The molecule has 0 saturated carbocycles. The lowest BCUT2D eigenvalue weighted by Crippen LogP contribution is -2.09. The maximum atomic E-state index is 12.0. The first-order chi connectivity index (χ1) is 12.0. The number of nitrogens with zero attached hydrogens (tertiary/aromatic N) is 1. The Bertz CT molecular complexity index is 881. The van der Waals surface area contributed by atoms with Gasteiger partial charge in [0.05, 0.1) is 0 Å². The fourth-order valence-electron chi connectivity index (χ4n) is 2.27. The number of aryl methyl sites for hydroxylation is 1. The van der Waals surface area contributed by atoms with Crippen LogP contribution in [0.4, 0.5) is 0 Å². The average molecular weight is 337 g/mol. The molecule has 6 heteroatoms. The number of aliphatic carboxylic acids is 1. The highest BCUT2D eigenvalue weighted by Gasteiger charge is 2.24. The van der Waals surface area contributed by atoms with E-state index in [9.17, 15) is 9.59 Å². The molecule has 25 heavy (non-hydrogen) atoms. The second kappa shape index (κ2) is 7.00. The quantitative estimate of drug-likeness (QED) is 0.670. The molecule has 0 atom stereocenters. The van der Waals surface area contributed by atoms with Crippen molar-refractivity contribution in [2.75, 3.05) is 6.61 Å². The predicted octanol–water partition coefficient (Wildman–Crippen LogP) is 2.80. The first-order valence-electron chi connectivity index (χ1n) is 7.55. The van der Waals surface area contributed by atoms with Crippen LogP contribution in [0.3, 0.4) is 0 Å². The fourth-order valence-corrected chi connectivity index (χ4v) is 2.27. The van der Waals surface area contributed by atoms with Gasteiger partial charge in [-0.15, -0.1) is 0 Å². The molecule has 0 spiro atoms. The minimum Gasteiger partial charge on any atom is -0.482 e. The van der Waals surface area contributed by atoms with E-state index in [-0.39, 0.29) is 11.6 Å². The molecule has 0 amide bonds. The minimum absolute atomic E-state index is 0.204. The summed E-state index contributed by atoms with van der Waals surface area (Å²) in [6, 6.07) is 14.2. The monoisotopic (exact) mass is 337 g/mol. The highest BCUT2D eigenvalue weighted by atomic mass is 16.6. The Morgan fingerprint density at radius 3 is 2.68 bits per heavy atom. The van der Waals surface area contributed by atoms with Crippen LogP contribution in [-0.4, -0.2) is 29.5 Å². The highest BCUT2D eigenvalue weighted by Crippen LogP contribution is 2.21. The summed E-state index contributed by atoms with van der Waals surface area (Å²) in [5.74, 6) is -0.843. The molecule has 0 saturated heterocycles. The van der Waals surface area contributed by atoms with E-state index in [1.165, 1.54) is 0 Å². The largest absolute Gasteiger partial charge is 0.482 e. The van der Waals surface area contributed by atoms with E-state index in [0.717, 1.165) is 16.7 Å². The molecule has 126 valence electrons. The molecule has 1 aliphatic heterocycles. The molecule has 1 aliphatic rings. The zero-order chi connectivity index (χ0) is 17.8. The molecule has 2 aromatic carbocycles. The molecule has 0 bridgehead atoms. The summed E-state index contributed by atoms with van der Waals surface area (Å²) in [5, 5.41) is 8.58. The van der Waals surface area contributed by atoms with Crippen molar-refractivity contribution < 1.29 is 24.2 Å². The number of aliphatic imine (C=N–C) groups is 1. The summed E-state index contributed by atoms with van der Waals surface area (Å²) in [4.78, 5) is 26.7. The van der Waals surface area contributed by atoms with Gasteiger partial charge in [-0.25, -0.2) is 14.6 Å². The van der Waals surface area contributed by atoms with Gasteiger partial charge in [-0.3, -0.25) is 0 Å². The molecule has 3 rings (SSSR count). The van der Waals surface area contributed by atoms with Crippen LogP contribution in [0.25, 0.3) is 6.08 Å². The lowest BCUT2D eigenvalue weighted by atomic mass is 10.1. The number of carboxylic acid groups (broad SMARTS) is 1. The molecule has 0 unspecified atom stereocenters. The smallest absolute Gasteiger partial charge is 0.363 e. The Labute approximate surface area is 144 Å². The van der Waals surface area contributed by atoms with Gasteiger partial charge in [0, 0.05) is 5.56 Å². The number of rotatable bonds is 5. The Kier molecular flexibility index (Phi) is 4.61. The number of carbonyl (C=O) groups is 2. The normalized spacial score (nSPS) is 15.0. The first-order valence-corrected chi connectivity index (χ1v) is 7.55. The summed E-state index contributed by atoms with van der Waals surface area (Å²) < 4.78 is 10.3. The number of benzene rings is 2. The lowest BCUT2D eigenvalue weighted by Gasteiger charge is -2.02. The molecular formula is C19H15NO5. The third-order valence-corrected chi connectivity index (χ3v) is 3.43.